The molecular formula is C32H40N6O3. The van der Waals surface area contributed by atoms with Crippen molar-refractivity contribution in [3.63, 3.8) is 0 Å². The molecule has 1 aromatic heterocycles. The lowest BCUT2D eigenvalue weighted by molar-refractivity contribution is -0.146. The SMILES string of the molecule is CC(C)(Oc1cccc(N2CCCC(C(=O)N3CCc4cc(-c5cn[nH]c5)ccc4C3)C2)c1)C(=O)N1CCNCC1. The van der Waals surface area contributed by atoms with Crippen LogP contribution in [0.3, 0.4) is 0 Å². The molecular weight excluding hydrogens is 516 g/mol. The number of amides is 2. The Labute approximate surface area is 241 Å². The standard InChI is InChI=1S/C32H40N6O3/c1-32(2,31(40)36-15-11-33-12-16-36)41-29-7-3-6-28(18-29)37-13-4-5-26(22-37)30(39)38-14-10-24-17-23(8-9-25(24)21-38)27-19-34-35-20-27/h3,6-9,17-20,26,33H,4-5,10-16,21-22H2,1-2H3,(H,34,35). The first kappa shape index (κ1) is 27.3. The Morgan fingerprint density at radius 2 is 1.83 bits per heavy atom. The number of nitrogens with one attached hydrogen (secondary N) is 2. The average Bonchev–Trinajstić information content (AvgIpc) is 3.55. The third-order valence-corrected chi connectivity index (χ3v) is 8.61. The molecule has 2 saturated heterocycles. The summed E-state index contributed by atoms with van der Waals surface area (Å²) in [6, 6.07) is 14.5. The molecule has 1 atom stereocenters. The van der Waals surface area contributed by atoms with Crippen molar-refractivity contribution in [2.24, 2.45) is 5.92 Å². The van der Waals surface area contributed by atoms with Crippen LogP contribution in [0.5, 0.6) is 5.75 Å². The number of ether oxygens (including phenoxy) is 1. The van der Waals surface area contributed by atoms with E-state index in [2.05, 4.69) is 44.7 Å². The smallest absolute Gasteiger partial charge is 0.266 e. The highest BCUT2D eigenvalue weighted by Crippen LogP contribution is 2.31. The topological polar surface area (TPSA) is 93.8 Å². The van der Waals surface area contributed by atoms with Crippen LogP contribution in [0.4, 0.5) is 5.69 Å². The van der Waals surface area contributed by atoms with Crippen LogP contribution in [-0.4, -0.2) is 83.2 Å². The molecule has 41 heavy (non-hydrogen) atoms. The third-order valence-electron chi connectivity index (χ3n) is 8.61. The number of piperazine rings is 1. The molecule has 9 heteroatoms. The van der Waals surface area contributed by atoms with Gasteiger partial charge in [0.05, 0.1) is 12.1 Å². The van der Waals surface area contributed by atoms with E-state index in [1.165, 1.54) is 11.1 Å². The average molecular weight is 557 g/mol. The fourth-order valence-electron chi connectivity index (χ4n) is 6.33. The summed E-state index contributed by atoms with van der Waals surface area (Å²) in [6.07, 6.45) is 6.48. The molecule has 2 N–H and O–H groups in total. The second-order valence-electron chi connectivity index (χ2n) is 11.9. The first-order valence-electron chi connectivity index (χ1n) is 14.8. The maximum atomic E-state index is 13.7. The predicted octanol–water partition coefficient (Wildman–Crippen LogP) is 3.47. The number of aromatic amines is 1. The summed E-state index contributed by atoms with van der Waals surface area (Å²) in [5.74, 6) is 0.890. The molecule has 0 saturated carbocycles. The van der Waals surface area contributed by atoms with Gasteiger partial charge in [-0.2, -0.15) is 5.10 Å². The van der Waals surface area contributed by atoms with Gasteiger partial charge in [0.1, 0.15) is 5.75 Å². The zero-order chi connectivity index (χ0) is 28.4. The summed E-state index contributed by atoms with van der Waals surface area (Å²) < 4.78 is 6.26. The van der Waals surface area contributed by atoms with E-state index in [4.69, 9.17) is 4.74 Å². The van der Waals surface area contributed by atoms with Crippen molar-refractivity contribution < 1.29 is 14.3 Å². The van der Waals surface area contributed by atoms with E-state index in [0.29, 0.717) is 31.9 Å². The number of hydrogen-bond acceptors (Lipinski definition) is 6. The number of benzene rings is 2. The van der Waals surface area contributed by atoms with Gasteiger partial charge < -0.3 is 24.8 Å². The lowest BCUT2D eigenvalue weighted by Gasteiger charge is -2.38. The second kappa shape index (κ2) is 11.6. The molecule has 0 spiro atoms. The van der Waals surface area contributed by atoms with Crippen molar-refractivity contribution in [1.82, 2.24) is 25.3 Å². The first-order chi connectivity index (χ1) is 19.9. The molecule has 3 aliphatic rings. The molecule has 2 amide bonds. The van der Waals surface area contributed by atoms with Crippen molar-refractivity contribution in [1.29, 1.82) is 0 Å². The van der Waals surface area contributed by atoms with E-state index in [0.717, 1.165) is 62.3 Å². The van der Waals surface area contributed by atoms with Crippen LogP contribution >= 0.6 is 0 Å². The maximum Gasteiger partial charge on any atom is 0.266 e. The fourth-order valence-corrected chi connectivity index (χ4v) is 6.33. The summed E-state index contributed by atoms with van der Waals surface area (Å²) in [7, 11) is 0. The molecule has 3 aliphatic heterocycles. The quantitative estimate of drug-likeness (QED) is 0.483. The molecule has 2 aromatic carbocycles. The summed E-state index contributed by atoms with van der Waals surface area (Å²) >= 11 is 0. The molecule has 0 bridgehead atoms. The minimum atomic E-state index is -0.958. The van der Waals surface area contributed by atoms with E-state index >= 15 is 0 Å². The van der Waals surface area contributed by atoms with Crippen molar-refractivity contribution in [2.45, 2.75) is 45.3 Å². The van der Waals surface area contributed by atoms with Gasteiger partial charge in [-0.05, 0) is 61.9 Å². The largest absolute Gasteiger partial charge is 0.478 e. The van der Waals surface area contributed by atoms with Gasteiger partial charge in [0, 0.05) is 75.9 Å². The van der Waals surface area contributed by atoms with Crippen LogP contribution in [0.1, 0.15) is 37.8 Å². The lowest BCUT2D eigenvalue weighted by atomic mass is 9.92. The van der Waals surface area contributed by atoms with Crippen molar-refractivity contribution >= 4 is 17.5 Å². The number of nitrogens with zero attached hydrogens (tertiary/aromatic N) is 4. The van der Waals surface area contributed by atoms with Gasteiger partial charge in [-0.25, -0.2) is 0 Å². The second-order valence-corrected chi connectivity index (χ2v) is 11.9. The molecule has 9 nitrogen and oxygen atoms in total. The maximum absolute atomic E-state index is 13.7. The molecule has 6 rings (SSSR count). The van der Waals surface area contributed by atoms with Gasteiger partial charge in [0.2, 0.25) is 5.91 Å². The summed E-state index contributed by atoms with van der Waals surface area (Å²) in [4.78, 5) is 33.0. The first-order valence-corrected chi connectivity index (χ1v) is 14.8. The van der Waals surface area contributed by atoms with E-state index in [1.807, 2.05) is 54.2 Å². The number of H-pyrrole nitrogens is 1. The Kier molecular flexibility index (Phi) is 7.71. The third kappa shape index (κ3) is 5.95. The zero-order valence-electron chi connectivity index (χ0n) is 24.1. The minimum absolute atomic E-state index is 0.00819. The van der Waals surface area contributed by atoms with Crippen LogP contribution in [0.2, 0.25) is 0 Å². The van der Waals surface area contributed by atoms with E-state index in [-0.39, 0.29) is 17.7 Å². The number of carbonyl (C=O) groups is 2. The number of carbonyl (C=O) groups excluding carboxylic acids is 2. The van der Waals surface area contributed by atoms with E-state index in [9.17, 15) is 9.59 Å². The number of anilines is 1. The Bertz CT molecular complexity index is 1380. The van der Waals surface area contributed by atoms with E-state index < -0.39 is 5.60 Å². The Balaban J connectivity index is 1.09. The molecule has 4 heterocycles. The van der Waals surface area contributed by atoms with Crippen LogP contribution in [0.15, 0.2) is 54.9 Å². The summed E-state index contributed by atoms with van der Waals surface area (Å²) in [6.45, 7) is 9.69. The monoisotopic (exact) mass is 556 g/mol. The van der Waals surface area contributed by atoms with Gasteiger partial charge in [0.25, 0.3) is 5.91 Å². The highest BCUT2D eigenvalue weighted by Gasteiger charge is 2.35. The lowest BCUT2D eigenvalue weighted by Crippen LogP contribution is -2.54. The van der Waals surface area contributed by atoms with Crippen molar-refractivity contribution in [3.05, 3.63) is 66.0 Å². The molecule has 2 fully saturated rings. The number of fused-ring (bicyclic) bond motifs is 1. The molecule has 0 aliphatic carbocycles. The van der Waals surface area contributed by atoms with Gasteiger partial charge in [-0.1, -0.05) is 24.3 Å². The number of piperidine rings is 1. The number of aromatic nitrogens is 2. The number of hydrogen-bond donors (Lipinski definition) is 2. The van der Waals surface area contributed by atoms with Crippen LogP contribution in [-0.2, 0) is 22.6 Å². The Morgan fingerprint density at radius 1 is 0.976 bits per heavy atom. The van der Waals surface area contributed by atoms with E-state index in [1.54, 1.807) is 0 Å². The van der Waals surface area contributed by atoms with Crippen molar-refractivity contribution in [3.8, 4) is 16.9 Å². The molecule has 216 valence electrons. The summed E-state index contributed by atoms with van der Waals surface area (Å²) in [5.41, 5.74) is 4.85. The van der Waals surface area contributed by atoms with Gasteiger partial charge in [-0.15, -0.1) is 0 Å². The molecule has 0 radical (unpaired) electrons. The molecule has 1 unspecified atom stereocenters. The van der Waals surface area contributed by atoms with Crippen molar-refractivity contribution in [2.75, 3.05) is 50.7 Å². The summed E-state index contributed by atoms with van der Waals surface area (Å²) in [5, 5.41) is 10.2. The fraction of sp³-hybridized carbons (Fsp3) is 0.469. The zero-order valence-corrected chi connectivity index (χ0v) is 24.1. The van der Waals surface area contributed by atoms with Gasteiger partial charge in [-0.3, -0.25) is 14.7 Å². The van der Waals surface area contributed by atoms with Crippen LogP contribution < -0.4 is 15.0 Å². The Morgan fingerprint density at radius 3 is 2.63 bits per heavy atom. The van der Waals surface area contributed by atoms with Gasteiger partial charge >= 0.3 is 0 Å². The normalized spacial score (nSPS) is 19.6. The molecule has 3 aromatic rings. The van der Waals surface area contributed by atoms with Gasteiger partial charge in [0.15, 0.2) is 5.60 Å². The number of rotatable bonds is 6. The highest BCUT2D eigenvalue weighted by molar-refractivity contribution is 5.85. The minimum Gasteiger partial charge on any atom is -0.478 e. The van der Waals surface area contributed by atoms with Crippen LogP contribution in [0, 0.1) is 5.92 Å². The Hall–Kier alpha value is -3.85. The predicted molar refractivity (Wildman–Crippen MR) is 159 cm³/mol. The van der Waals surface area contributed by atoms with Crippen LogP contribution in [0.25, 0.3) is 11.1 Å². The highest BCUT2D eigenvalue weighted by atomic mass is 16.5.